The van der Waals surface area contributed by atoms with Gasteiger partial charge in [-0.1, -0.05) is 0 Å². The Kier molecular flexibility index (Phi) is 3.09. The number of hydrogen-bond donors (Lipinski definition) is 1. The topological polar surface area (TPSA) is 38.9 Å². The summed E-state index contributed by atoms with van der Waals surface area (Å²) < 4.78 is 52.7. The summed E-state index contributed by atoms with van der Waals surface area (Å²) in [4.78, 5) is 4.16. The smallest absolute Gasteiger partial charge is 0.399 e. The highest BCUT2D eigenvalue weighted by atomic mass is 32.1. The van der Waals surface area contributed by atoms with Gasteiger partial charge in [0.25, 0.3) is 0 Å². The molecule has 0 unspecified atom stereocenters. The Morgan fingerprint density at radius 2 is 1.81 bits per heavy atom. The lowest BCUT2D eigenvalue weighted by Gasteiger charge is -2.08. The SMILES string of the molecule is Nc1ccc2nc(-c3cc(C(F)(F)F)ccc3F)sc2c1. The maximum Gasteiger partial charge on any atom is 0.416 e. The molecule has 1 aromatic heterocycles. The largest absolute Gasteiger partial charge is 0.416 e. The fourth-order valence-electron chi connectivity index (χ4n) is 1.92. The summed E-state index contributed by atoms with van der Waals surface area (Å²) in [6.07, 6.45) is -4.52. The van der Waals surface area contributed by atoms with E-state index in [-0.39, 0.29) is 10.6 Å². The van der Waals surface area contributed by atoms with Crippen LogP contribution in [0.5, 0.6) is 0 Å². The second kappa shape index (κ2) is 4.70. The summed E-state index contributed by atoms with van der Waals surface area (Å²) in [5, 5.41) is 0.194. The van der Waals surface area contributed by atoms with Crippen LogP contribution >= 0.6 is 11.3 Å². The molecule has 0 aliphatic rings. The number of nitrogen functional groups attached to an aromatic ring is 1. The summed E-state index contributed by atoms with van der Waals surface area (Å²) in [5.41, 5.74) is 5.66. The van der Waals surface area contributed by atoms with E-state index in [1.165, 1.54) is 0 Å². The molecule has 0 radical (unpaired) electrons. The van der Waals surface area contributed by atoms with Crippen LogP contribution in [0.1, 0.15) is 5.56 Å². The first-order valence-corrected chi connectivity index (χ1v) is 6.69. The van der Waals surface area contributed by atoms with Gasteiger partial charge in [0, 0.05) is 11.3 Å². The number of alkyl halides is 3. The number of fused-ring (bicyclic) bond motifs is 1. The molecule has 3 aromatic rings. The molecule has 2 nitrogen and oxygen atoms in total. The number of halogens is 4. The Hall–Kier alpha value is -2.15. The van der Waals surface area contributed by atoms with Crippen molar-refractivity contribution in [1.82, 2.24) is 4.98 Å². The lowest BCUT2D eigenvalue weighted by molar-refractivity contribution is -0.137. The van der Waals surface area contributed by atoms with Crippen molar-refractivity contribution in [2.45, 2.75) is 6.18 Å². The summed E-state index contributed by atoms with van der Waals surface area (Å²) in [5.74, 6) is -0.741. The fourth-order valence-corrected chi connectivity index (χ4v) is 2.95. The van der Waals surface area contributed by atoms with Crippen molar-refractivity contribution in [3.8, 4) is 10.6 Å². The molecule has 1 heterocycles. The second-order valence-corrected chi connectivity index (χ2v) is 5.47. The summed E-state index contributed by atoms with van der Waals surface area (Å²) in [6, 6.07) is 7.23. The van der Waals surface area contributed by atoms with Gasteiger partial charge < -0.3 is 5.73 Å². The first-order chi connectivity index (χ1) is 9.84. The average molecular weight is 312 g/mol. The quantitative estimate of drug-likeness (QED) is 0.522. The molecule has 108 valence electrons. The second-order valence-electron chi connectivity index (χ2n) is 4.44. The van der Waals surface area contributed by atoms with Crippen LogP contribution in [0.25, 0.3) is 20.8 Å². The molecule has 21 heavy (non-hydrogen) atoms. The molecule has 0 atom stereocenters. The first kappa shape index (κ1) is 13.8. The standard InChI is InChI=1S/C14H8F4N2S/c15-10-3-1-7(14(16,17)18)5-9(10)13-20-11-4-2-8(19)6-12(11)21-13/h1-6H,19H2. The number of anilines is 1. The van der Waals surface area contributed by atoms with Gasteiger partial charge in [-0.15, -0.1) is 11.3 Å². The van der Waals surface area contributed by atoms with Crippen molar-refractivity contribution in [2.75, 3.05) is 5.73 Å². The lowest BCUT2D eigenvalue weighted by Crippen LogP contribution is -2.05. The third kappa shape index (κ3) is 2.56. The van der Waals surface area contributed by atoms with E-state index in [1.54, 1.807) is 18.2 Å². The highest BCUT2D eigenvalue weighted by Crippen LogP contribution is 2.36. The molecule has 7 heteroatoms. The van der Waals surface area contributed by atoms with Crippen LogP contribution in [0.2, 0.25) is 0 Å². The Labute approximate surface area is 120 Å². The van der Waals surface area contributed by atoms with E-state index in [1.807, 2.05) is 0 Å². The Morgan fingerprint density at radius 1 is 1.05 bits per heavy atom. The van der Waals surface area contributed by atoms with Crippen LogP contribution in [-0.2, 0) is 6.18 Å². The third-order valence-electron chi connectivity index (χ3n) is 2.94. The Balaban J connectivity index is 2.17. The molecule has 2 N–H and O–H groups in total. The summed E-state index contributed by atoms with van der Waals surface area (Å²) in [7, 11) is 0. The van der Waals surface area contributed by atoms with E-state index in [0.717, 1.165) is 23.5 Å². The van der Waals surface area contributed by atoms with E-state index in [0.29, 0.717) is 22.0 Å². The summed E-state index contributed by atoms with van der Waals surface area (Å²) in [6.45, 7) is 0. The van der Waals surface area contributed by atoms with Crippen LogP contribution in [0.15, 0.2) is 36.4 Å². The highest BCUT2D eigenvalue weighted by molar-refractivity contribution is 7.21. The predicted octanol–water partition coefficient (Wildman–Crippen LogP) is 4.70. The minimum atomic E-state index is -4.52. The fraction of sp³-hybridized carbons (Fsp3) is 0.0714. The van der Waals surface area contributed by atoms with Crippen LogP contribution < -0.4 is 5.73 Å². The van der Waals surface area contributed by atoms with E-state index in [4.69, 9.17) is 5.73 Å². The Bertz CT molecular complexity index is 823. The molecule has 0 spiro atoms. The van der Waals surface area contributed by atoms with Gasteiger partial charge >= 0.3 is 6.18 Å². The van der Waals surface area contributed by atoms with E-state index < -0.39 is 17.6 Å². The number of hydrogen-bond acceptors (Lipinski definition) is 3. The zero-order valence-electron chi connectivity index (χ0n) is 10.4. The van der Waals surface area contributed by atoms with Crippen LogP contribution in [0.3, 0.4) is 0 Å². The van der Waals surface area contributed by atoms with Gasteiger partial charge in [-0.05, 0) is 36.4 Å². The molecular formula is C14H8F4N2S. The normalized spacial score (nSPS) is 12.0. The average Bonchev–Trinajstić information content (AvgIpc) is 2.80. The number of benzene rings is 2. The summed E-state index contributed by atoms with van der Waals surface area (Å²) >= 11 is 1.10. The van der Waals surface area contributed by atoms with Gasteiger partial charge in [-0.2, -0.15) is 13.2 Å². The first-order valence-electron chi connectivity index (χ1n) is 5.88. The van der Waals surface area contributed by atoms with E-state index in [2.05, 4.69) is 4.98 Å². The maximum atomic E-state index is 13.8. The van der Waals surface area contributed by atoms with Crippen LogP contribution in [0, 0.1) is 5.82 Å². The van der Waals surface area contributed by atoms with Crippen LogP contribution in [0.4, 0.5) is 23.2 Å². The molecule has 0 amide bonds. The molecule has 0 aliphatic heterocycles. The molecule has 2 aromatic carbocycles. The third-order valence-corrected chi connectivity index (χ3v) is 3.99. The van der Waals surface area contributed by atoms with Gasteiger partial charge in [0.15, 0.2) is 0 Å². The molecule has 0 fully saturated rings. The molecule has 0 saturated carbocycles. The molecule has 0 aliphatic carbocycles. The van der Waals surface area contributed by atoms with Crippen molar-refractivity contribution >= 4 is 27.2 Å². The number of rotatable bonds is 1. The lowest BCUT2D eigenvalue weighted by atomic mass is 10.1. The van der Waals surface area contributed by atoms with Crippen molar-refractivity contribution in [1.29, 1.82) is 0 Å². The molecule has 0 bridgehead atoms. The van der Waals surface area contributed by atoms with Gasteiger partial charge in [0.1, 0.15) is 10.8 Å². The van der Waals surface area contributed by atoms with Gasteiger partial charge in [0.2, 0.25) is 0 Å². The van der Waals surface area contributed by atoms with Crippen molar-refractivity contribution in [2.24, 2.45) is 0 Å². The van der Waals surface area contributed by atoms with Gasteiger partial charge in [0.05, 0.1) is 15.8 Å². The molecular weight excluding hydrogens is 304 g/mol. The van der Waals surface area contributed by atoms with Crippen molar-refractivity contribution < 1.29 is 17.6 Å². The van der Waals surface area contributed by atoms with Crippen molar-refractivity contribution in [3.05, 3.63) is 47.8 Å². The minimum absolute atomic E-state index is 0.162. The maximum absolute atomic E-state index is 13.8. The molecule has 0 saturated heterocycles. The predicted molar refractivity (Wildman–Crippen MR) is 74.4 cm³/mol. The van der Waals surface area contributed by atoms with Crippen molar-refractivity contribution in [3.63, 3.8) is 0 Å². The number of thiazole rings is 1. The number of aromatic nitrogens is 1. The number of nitrogens with two attached hydrogens (primary N) is 1. The zero-order chi connectivity index (χ0) is 15.2. The zero-order valence-corrected chi connectivity index (χ0v) is 11.2. The minimum Gasteiger partial charge on any atom is -0.399 e. The van der Waals surface area contributed by atoms with E-state index in [9.17, 15) is 17.6 Å². The number of nitrogens with zero attached hydrogens (tertiary/aromatic N) is 1. The van der Waals surface area contributed by atoms with E-state index >= 15 is 0 Å². The monoisotopic (exact) mass is 312 g/mol. The Morgan fingerprint density at radius 3 is 2.52 bits per heavy atom. The van der Waals surface area contributed by atoms with Gasteiger partial charge in [-0.3, -0.25) is 0 Å². The highest BCUT2D eigenvalue weighted by Gasteiger charge is 2.31. The molecule has 3 rings (SSSR count). The van der Waals surface area contributed by atoms with Gasteiger partial charge in [-0.25, -0.2) is 9.37 Å². The van der Waals surface area contributed by atoms with Crippen LogP contribution in [-0.4, -0.2) is 4.98 Å².